The van der Waals surface area contributed by atoms with Crippen molar-refractivity contribution in [3.05, 3.63) is 22.2 Å². The van der Waals surface area contributed by atoms with Crippen molar-refractivity contribution < 1.29 is 14.3 Å². The molecule has 5 heteroatoms. The van der Waals surface area contributed by atoms with Crippen LogP contribution in [0.4, 0.5) is 5.69 Å². The van der Waals surface area contributed by atoms with Crippen molar-refractivity contribution >= 4 is 33.3 Å². The van der Waals surface area contributed by atoms with Gasteiger partial charge in [-0.1, -0.05) is 32.1 Å². The van der Waals surface area contributed by atoms with Crippen LogP contribution in [0.2, 0.25) is 0 Å². The fourth-order valence-corrected chi connectivity index (χ4v) is 3.64. The quantitative estimate of drug-likeness (QED) is 0.839. The summed E-state index contributed by atoms with van der Waals surface area (Å²) in [6, 6.07) is 3.49. The number of carbonyl (C=O) groups excluding carboxylic acids is 2. The van der Waals surface area contributed by atoms with Crippen molar-refractivity contribution in [1.82, 2.24) is 0 Å². The van der Waals surface area contributed by atoms with Crippen LogP contribution >= 0.6 is 15.9 Å². The maximum Gasteiger partial charge on any atom is 0.262 e. The zero-order valence-corrected chi connectivity index (χ0v) is 13.4. The highest BCUT2D eigenvalue weighted by molar-refractivity contribution is 9.10. The highest BCUT2D eigenvalue weighted by Crippen LogP contribution is 2.35. The monoisotopic (exact) mass is 351 g/mol. The topological polar surface area (TPSA) is 55.4 Å². The molecular weight excluding hydrogens is 334 g/mol. The molecule has 1 aliphatic carbocycles. The largest absolute Gasteiger partial charge is 0.482 e. The molecule has 0 radical (unpaired) electrons. The SMILES string of the molecule is O=C1COc2cc(C(=O)CC3CCCCC3)c(Br)cc2N1. The number of carbonyl (C=O) groups is 2. The first kappa shape index (κ1) is 14.6. The minimum absolute atomic E-state index is 0.00485. The maximum atomic E-state index is 12.5. The van der Waals surface area contributed by atoms with Crippen LogP contribution in [0.3, 0.4) is 0 Å². The van der Waals surface area contributed by atoms with Crippen molar-refractivity contribution in [3.63, 3.8) is 0 Å². The van der Waals surface area contributed by atoms with Crippen LogP contribution in [0.15, 0.2) is 16.6 Å². The molecule has 0 bridgehead atoms. The third-order valence-electron chi connectivity index (χ3n) is 4.20. The summed E-state index contributed by atoms with van der Waals surface area (Å²) in [6.07, 6.45) is 6.67. The Balaban J connectivity index is 1.78. The normalized spacial score (nSPS) is 18.6. The van der Waals surface area contributed by atoms with Gasteiger partial charge in [0, 0.05) is 16.5 Å². The second-order valence-electron chi connectivity index (χ2n) is 5.80. The minimum atomic E-state index is -0.171. The number of ether oxygens (including phenoxy) is 1. The second kappa shape index (κ2) is 6.18. The van der Waals surface area contributed by atoms with E-state index in [-0.39, 0.29) is 18.3 Å². The molecule has 1 amide bonds. The Labute approximate surface area is 132 Å². The van der Waals surface area contributed by atoms with Crippen LogP contribution < -0.4 is 10.1 Å². The molecule has 21 heavy (non-hydrogen) atoms. The number of rotatable bonds is 3. The van der Waals surface area contributed by atoms with E-state index >= 15 is 0 Å². The molecule has 1 heterocycles. The number of nitrogens with one attached hydrogen (secondary N) is 1. The van der Waals surface area contributed by atoms with Gasteiger partial charge in [-0.05, 0) is 34.0 Å². The van der Waals surface area contributed by atoms with E-state index in [1.165, 1.54) is 19.3 Å². The van der Waals surface area contributed by atoms with Crippen molar-refractivity contribution in [2.75, 3.05) is 11.9 Å². The van der Waals surface area contributed by atoms with Gasteiger partial charge in [-0.15, -0.1) is 0 Å². The Kier molecular flexibility index (Phi) is 4.29. The fraction of sp³-hybridized carbons (Fsp3) is 0.500. The average Bonchev–Trinajstić information content (AvgIpc) is 2.47. The molecule has 1 N–H and O–H groups in total. The van der Waals surface area contributed by atoms with Gasteiger partial charge in [0.15, 0.2) is 12.4 Å². The first-order valence-electron chi connectivity index (χ1n) is 7.43. The lowest BCUT2D eigenvalue weighted by molar-refractivity contribution is -0.118. The van der Waals surface area contributed by atoms with E-state index in [0.717, 1.165) is 12.8 Å². The van der Waals surface area contributed by atoms with Gasteiger partial charge < -0.3 is 10.1 Å². The Morgan fingerprint density at radius 2 is 2.05 bits per heavy atom. The number of halogens is 1. The van der Waals surface area contributed by atoms with Gasteiger partial charge in [-0.25, -0.2) is 0 Å². The summed E-state index contributed by atoms with van der Waals surface area (Å²) in [5.41, 5.74) is 1.27. The highest BCUT2D eigenvalue weighted by atomic mass is 79.9. The van der Waals surface area contributed by atoms with Crippen molar-refractivity contribution in [1.29, 1.82) is 0 Å². The van der Waals surface area contributed by atoms with E-state index in [2.05, 4.69) is 21.2 Å². The van der Waals surface area contributed by atoms with Crippen molar-refractivity contribution in [3.8, 4) is 5.75 Å². The molecule has 1 aliphatic heterocycles. The summed E-state index contributed by atoms with van der Waals surface area (Å²) in [6.45, 7) is 0.00485. The van der Waals surface area contributed by atoms with Gasteiger partial charge in [0.25, 0.3) is 5.91 Å². The summed E-state index contributed by atoms with van der Waals surface area (Å²) in [5, 5.41) is 2.74. The first-order valence-corrected chi connectivity index (χ1v) is 8.22. The van der Waals surface area contributed by atoms with E-state index in [0.29, 0.717) is 33.8 Å². The predicted octanol–water partition coefficient (Wildman–Crippen LogP) is 3.93. The van der Waals surface area contributed by atoms with Crippen molar-refractivity contribution in [2.24, 2.45) is 5.92 Å². The summed E-state index contributed by atoms with van der Waals surface area (Å²) in [4.78, 5) is 23.8. The first-order chi connectivity index (χ1) is 10.1. The molecule has 4 nitrogen and oxygen atoms in total. The maximum absolute atomic E-state index is 12.5. The average molecular weight is 352 g/mol. The van der Waals surface area contributed by atoms with Crippen LogP contribution in [0.5, 0.6) is 5.75 Å². The lowest BCUT2D eigenvalue weighted by Crippen LogP contribution is -2.25. The standard InChI is InChI=1S/C16H18BrNO3/c17-12-8-13-15(21-9-16(20)18-13)7-11(12)14(19)6-10-4-2-1-3-5-10/h7-8,10H,1-6,9H2,(H,18,20). The molecule has 2 aliphatic rings. The molecule has 3 rings (SSSR count). The lowest BCUT2D eigenvalue weighted by atomic mass is 9.85. The molecule has 1 aromatic rings. The summed E-state index contributed by atoms with van der Waals surface area (Å²) in [7, 11) is 0. The van der Waals surface area contributed by atoms with E-state index < -0.39 is 0 Å². The number of benzene rings is 1. The van der Waals surface area contributed by atoms with Crippen LogP contribution in [-0.2, 0) is 4.79 Å². The van der Waals surface area contributed by atoms with Crippen LogP contribution in [-0.4, -0.2) is 18.3 Å². The third-order valence-corrected chi connectivity index (χ3v) is 4.86. The molecule has 0 aromatic heterocycles. The molecule has 0 unspecified atom stereocenters. The zero-order valence-electron chi connectivity index (χ0n) is 11.8. The molecule has 1 aromatic carbocycles. The van der Waals surface area contributed by atoms with Gasteiger partial charge in [0.2, 0.25) is 0 Å². The predicted molar refractivity (Wildman–Crippen MR) is 83.8 cm³/mol. The van der Waals surface area contributed by atoms with Gasteiger partial charge in [-0.2, -0.15) is 0 Å². The molecule has 1 fully saturated rings. The lowest BCUT2D eigenvalue weighted by Gasteiger charge is -2.22. The Hall–Kier alpha value is -1.36. The van der Waals surface area contributed by atoms with E-state index in [9.17, 15) is 9.59 Å². The van der Waals surface area contributed by atoms with Gasteiger partial charge in [0.05, 0.1) is 5.69 Å². The molecular formula is C16H18BrNO3. The molecule has 0 saturated heterocycles. The van der Waals surface area contributed by atoms with Crippen molar-refractivity contribution in [2.45, 2.75) is 38.5 Å². The Morgan fingerprint density at radius 1 is 1.29 bits per heavy atom. The summed E-state index contributed by atoms with van der Waals surface area (Å²) < 4.78 is 6.10. The number of ketones is 1. The number of hydrogen-bond acceptors (Lipinski definition) is 3. The Bertz CT molecular complexity index is 579. The van der Waals surface area contributed by atoms with E-state index in [1.807, 2.05) is 0 Å². The highest BCUT2D eigenvalue weighted by Gasteiger charge is 2.23. The molecule has 0 spiro atoms. The summed E-state index contributed by atoms with van der Waals surface area (Å²) in [5.74, 6) is 1.06. The van der Waals surface area contributed by atoms with Gasteiger partial charge >= 0.3 is 0 Å². The number of amides is 1. The molecule has 112 valence electrons. The van der Waals surface area contributed by atoms with Gasteiger partial charge in [-0.3, -0.25) is 9.59 Å². The number of fused-ring (bicyclic) bond motifs is 1. The van der Waals surface area contributed by atoms with E-state index in [4.69, 9.17) is 4.74 Å². The van der Waals surface area contributed by atoms with Crippen LogP contribution in [0, 0.1) is 5.92 Å². The fourth-order valence-electron chi connectivity index (χ4n) is 3.08. The zero-order chi connectivity index (χ0) is 14.8. The summed E-state index contributed by atoms with van der Waals surface area (Å²) >= 11 is 3.43. The molecule has 0 atom stereocenters. The number of Topliss-reactive ketones (excluding diaryl/α,β-unsaturated/α-hetero) is 1. The Morgan fingerprint density at radius 3 is 2.81 bits per heavy atom. The second-order valence-corrected chi connectivity index (χ2v) is 6.65. The minimum Gasteiger partial charge on any atom is -0.482 e. The van der Waals surface area contributed by atoms with E-state index in [1.54, 1.807) is 12.1 Å². The van der Waals surface area contributed by atoms with Gasteiger partial charge in [0.1, 0.15) is 5.75 Å². The number of anilines is 1. The third kappa shape index (κ3) is 3.28. The smallest absolute Gasteiger partial charge is 0.262 e. The molecule has 1 saturated carbocycles. The number of hydrogen-bond donors (Lipinski definition) is 1. The van der Waals surface area contributed by atoms with Crippen LogP contribution in [0.1, 0.15) is 48.9 Å². The van der Waals surface area contributed by atoms with Crippen LogP contribution in [0.25, 0.3) is 0 Å².